The molecule has 90 heavy (non-hydrogen) atoms. The van der Waals surface area contributed by atoms with Crippen LogP contribution in [0.5, 0.6) is 0 Å². The first-order valence-corrected chi connectivity index (χ1v) is 26.6. The maximum Gasteiger partial charge on any atom is 0.136 e. The molecule has 0 unspecified atom stereocenters. The fourth-order valence-electron chi connectivity index (χ4n) is 11.2. The third-order valence-electron chi connectivity index (χ3n) is 14.8. The van der Waals surface area contributed by atoms with E-state index in [0.29, 0.717) is 0 Å². The Kier molecular flexibility index (Phi) is 4.87. The van der Waals surface area contributed by atoms with Crippen LogP contribution in [0.25, 0.3) is 186 Å². The van der Waals surface area contributed by atoms with Crippen LogP contribution in [0.4, 0.5) is 0 Å². The molecule has 19 aromatic rings. The van der Waals surface area contributed by atoms with Crippen molar-refractivity contribution in [3.63, 3.8) is 0 Å². The number of furan rings is 2. The average Bonchev–Trinajstić information content (AvgIpc) is 0.867. The van der Waals surface area contributed by atoms with E-state index < -0.39 is 512 Å². The lowest BCUT2D eigenvalue weighted by Gasteiger charge is -2.20. The third kappa shape index (κ3) is 8.19. The summed E-state index contributed by atoms with van der Waals surface area (Å²) in [4.78, 5) is 0. The summed E-state index contributed by atoms with van der Waals surface area (Å²) in [5.74, 6) is 0. The molecule has 0 saturated carbocycles. The molecule has 0 aliphatic carbocycles. The van der Waals surface area contributed by atoms with Gasteiger partial charge in [0.1, 0.15) is 22.3 Å². The molecule has 0 N–H and O–H groups in total. The lowest BCUT2D eigenvalue weighted by Crippen LogP contribution is -1.93. The molecule has 0 spiro atoms. The third-order valence-corrected chi connectivity index (χ3v) is 14.8. The molecule has 0 aliphatic rings. The number of para-hydroxylation sites is 2. The Hall–Kier alpha value is -11.8. The predicted molar refractivity (Wildman–Crippen MR) is 383 cm³/mol. The molecule has 2 nitrogen and oxygen atoms in total. The molecule has 0 saturated heterocycles. The highest BCUT2D eigenvalue weighted by molar-refractivity contribution is 6.29. The van der Waals surface area contributed by atoms with Gasteiger partial charge in [-0.2, -0.15) is 0 Å². The van der Waals surface area contributed by atoms with Gasteiger partial charge >= 0.3 is 0 Å². The Balaban J connectivity index is 0.000000190. The van der Waals surface area contributed by atoms with E-state index in [4.69, 9.17) is 56.8 Å². The van der Waals surface area contributed by atoms with Gasteiger partial charge in [-0.05, 0) is 184 Å². The Morgan fingerprint density at radius 3 is 1.04 bits per heavy atom. The van der Waals surface area contributed by atoms with Crippen molar-refractivity contribution in [2.24, 2.45) is 0 Å². The van der Waals surface area contributed by atoms with Gasteiger partial charge in [-0.3, -0.25) is 0 Å². The quantitative estimate of drug-likeness (QED) is 0.155. The van der Waals surface area contributed by atoms with Crippen molar-refractivity contribution in [1.29, 1.82) is 0 Å². The van der Waals surface area contributed by atoms with Crippen LogP contribution in [0.2, 0.25) is 0 Å². The summed E-state index contributed by atoms with van der Waals surface area (Å²) < 4.78 is 498. The summed E-state index contributed by atoms with van der Waals surface area (Å²) in [6.07, 6.45) is 0. The Labute approximate surface area is 595 Å². The van der Waals surface area contributed by atoms with Gasteiger partial charge in [-0.1, -0.05) is 284 Å². The van der Waals surface area contributed by atoms with Crippen LogP contribution in [0, 0.1) is 0 Å². The summed E-state index contributed by atoms with van der Waals surface area (Å²) in [6, 6.07) is -50.8. The van der Waals surface area contributed by atoms with Crippen molar-refractivity contribution in [1.82, 2.24) is 0 Å². The fourth-order valence-corrected chi connectivity index (χ4v) is 11.2. The summed E-state index contributed by atoms with van der Waals surface area (Å²) in [5, 5.41) is -12.2. The highest BCUT2D eigenvalue weighted by Crippen LogP contribution is 2.51. The van der Waals surface area contributed by atoms with Crippen molar-refractivity contribution in [3.05, 3.63) is 326 Å². The Bertz CT molecular complexity index is 9290. The summed E-state index contributed by atoms with van der Waals surface area (Å²) >= 11 is 0. The smallest absolute Gasteiger partial charge is 0.136 e. The van der Waals surface area contributed by atoms with Crippen LogP contribution in [0.15, 0.2) is 335 Å². The van der Waals surface area contributed by atoms with E-state index in [1.165, 1.54) is 0 Å². The molecule has 0 bridgehead atoms. The van der Waals surface area contributed by atoms with Gasteiger partial charge < -0.3 is 8.83 Å². The minimum Gasteiger partial charge on any atom is -0.456 e. The van der Waals surface area contributed by atoms with Crippen molar-refractivity contribution in [2.45, 2.75) is 0 Å². The Morgan fingerprint density at radius 2 is 0.533 bits per heavy atom. The molecule has 0 aliphatic heterocycles. The molecule has 2 heterocycles. The number of fused-ring (bicyclic) bond motifs is 13. The lowest BCUT2D eigenvalue weighted by molar-refractivity contribution is 0.668. The average molecular weight is 1200 g/mol. The first kappa shape index (κ1) is 20.9. The van der Waals surface area contributed by atoms with Crippen LogP contribution in [0.3, 0.4) is 0 Å². The number of hydrogen-bond donors (Lipinski definition) is 0. The molecule has 17 aromatic carbocycles. The van der Waals surface area contributed by atoms with E-state index in [1.807, 2.05) is 0 Å². The highest BCUT2D eigenvalue weighted by atomic mass is 16.3. The lowest BCUT2D eigenvalue weighted by atomic mass is 9.83. The molecule has 0 amide bonds. The first-order valence-electron chi connectivity index (χ1n) is 53.6. The van der Waals surface area contributed by atoms with Gasteiger partial charge in [0, 0.05) is 21.5 Å². The molecule has 19 rings (SSSR count). The van der Waals surface area contributed by atoms with E-state index in [0.717, 1.165) is 0 Å². The molecule has 0 radical (unpaired) electrons. The van der Waals surface area contributed by atoms with Gasteiger partial charge in [0.05, 0.1) is 74.0 Å². The van der Waals surface area contributed by atoms with E-state index >= 15 is 0 Å². The normalized spacial score (nSPS) is 20.2. The topological polar surface area (TPSA) is 26.3 Å². The molecular formula is C88H54O2. The molecular weight excluding hydrogens is 1090 g/mol. The fraction of sp³-hybridized carbons (Fsp3) is 0. The molecule has 2 heteroatoms. The highest BCUT2D eigenvalue weighted by Gasteiger charge is 2.24. The standard InChI is InChI=1S/C46H28O.C42H26O/c1-2-13-30-28-31(25-24-29(30)12-1)32-26-27-39(34-15-4-3-14-33(32)34)44-35-16-5-7-18-37(35)45(38-19-8-6-17-36(38)44)41-21-11-23-43-46(41)40-20-9-10-22-42(40)47-43;1-2-13-27(14-3-1)29-25-28-15-4-5-16-30(28)37(26-29)41-33-19-8-6-17-31(33)40(32-18-7-9-20-34(32)41)36-22-12-24-39-42(36)35-21-10-11-23-38(35)43-39/h1-28H;1-26H/i1D,2D,3D,4D,5D,6D,7D,8D,9D,10D,11D,12D,13D,14D,15D,16D,17D,18D,19D,20D,21D,22D,23D,24D,25D,26D,27D,28D;1D,2D,3D,4D,5D,6D,7D,8D,9D,10D,11D,12D,13D,14D,15D,16D,17D,18D,19D,20D,21D,22D,23D,24D,25D,26D. The van der Waals surface area contributed by atoms with E-state index in [2.05, 4.69) is 0 Å². The zero-order chi connectivity index (χ0) is 106. The van der Waals surface area contributed by atoms with Crippen LogP contribution < -0.4 is 0 Å². The maximum atomic E-state index is 9.92. The zero-order valence-corrected chi connectivity index (χ0v) is 44.8. The first-order chi connectivity index (χ1) is 67.1. The molecule has 418 valence electrons. The van der Waals surface area contributed by atoms with Gasteiger partial charge in [0.2, 0.25) is 0 Å². The minimum absolute atomic E-state index is 0.482. The largest absolute Gasteiger partial charge is 0.456 e. The van der Waals surface area contributed by atoms with E-state index in [-0.39, 0.29) is 0 Å². The number of hydrogen-bond acceptors (Lipinski definition) is 2. The van der Waals surface area contributed by atoms with Gasteiger partial charge in [0.25, 0.3) is 0 Å². The van der Waals surface area contributed by atoms with Gasteiger partial charge in [0.15, 0.2) is 0 Å². The SMILES string of the molecule is [2H]c1c([2H])c([2H])c(-c2c([2H])c(-c3c4c([2H])c([2H])c([2H])c([2H])c4c(-c4c([2H])c([2H])c([2H])c5oc6c([2H])c([2H])c([2H])c([2H])c6c45)c4c([2H])c([2H])c([2H])c([2H])c34)c3c([2H])c([2H])c([2H])c([2H])c3c2[2H])c([2H])c1[2H].[2H]c1c([2H])c([2H])c2c(oc3c([2H])c([2H])c([2H])c(-c4c5c([2H])c([2H])c([2H])c([2H])c5c(-c5c([2H])c([2H])c(-c6c([2H])c([2H])c7c([2H])c([2H])c([2H])c([2H])c7c6[2H])c6c([2H])c([2H])c([2H])c([2H])c56)c5c([2H])c([2H])c([2H])c([2H])c45)c32)c1[2H]. The van der Waals surface area contributed by atoms with Crippen LogP contribution in [-0.2, 0) is 0 Å². The molecule has 2 aromatic heterocycles. The van der Waals surface area contributed by atoms with Gasteiger partial charge in [-0.25, -0.2) is 0 Å². The van der Waals surface area contributed by atoms with Crippen molar-refractivity contribution in [3.8, 4) is 66.8 Å². The second-order valence-electron chi connectivity index (χ2n) is 19.5. The Morgan fingerprint density at radius 1 is 0.178 bits per heavy atom. The van der Waals surface area contributed by atoms with Crippen LogP contribution in [0.1, 0.15) is 74.0 Å². The van der Waals surface area contributed by atoms with Crippen molar-refractivity contribution < 1.29 is 82.9 Å². The van der Waals surface area contributed by atoms with E-state index in [9.17, 15) is 26.0 Å². The van der Waals surface area contributed by atoms with Gasteiger partial charge in [-0.15, -0.1) is 0 Å². The minimum atomic E-state index is -1.12. The summed E-state index contributed by atoms with van der Waals surface area (Å²) in [5.41, 5.74) is -11.5. The second kappa shape index (κ2) is 21.0. The number of benzene rings is 17. The van der Waals surface area contributed by atoms with E-state index in [1.54, 1.807) is 0 Å². The zero-order valence-electron chi connectivity index (χ0n) is 98.8. The van der Waals surface area contributed by atoms with Crippen molar-refractivity contribution >= 4 is 119 Å². The monoisotopic (exact) mass is 1200 g/mol. The molecule has 0 fully saturated rings. The number of rotatable bonds is 6. The van der Waals surface area contributed by atoms with Crippen molar-refractivity contribution in [2.75, 3.05) is 0 Å². The summed E-state index contributed by atoms with van der Waals surface area (Å²) in [6.45, 7) is 0. The van der Waals surface area contributed by atoms with Crippen LogP contribution in [-0.4, -0.2) is 0 Å². The maximum absolute atomic E-state index is 9.92. The molecule has 0 atom stereocenters. The summed E-state index contributed by atoms with van der Waals surface area (Å²) in [7, 11) is 0. The van der Waals surface area contributed by atoms with Crippen LogP contribution >= 0.6 is 0 Å². The second-order valence-corrected chi connectivity index (χ2v) is 19.5. The predicted octanol–water partition coefficient (Wildman–Crippen LogP) is 25.2.